The van der Waals surface area contributed by atoms with E-state index in [0.717, 1.165) is 0 Å². The summed E-state index contributed by atoms with van der Waals surface area (Å²) in [5.41, 5.74) is 0.937. The van der Waals surface area contributed by atoms with E-state index in [4.69, 9.17) is 4.74 Å². The second-order valence-corrected chi connectivity index (χ2v) is 8.16. The van der Waals surface area contributed by atoms with Gasteiger partial charge in [0, 0.05) is 5.56 Å². The van der Waals surface area contributed by atoms with Crippen LogP contribution in [0.5, 0.6) is 0 Å². The standard InChI is InChI=1S/C19H19FN2O4S/c1-12(2)17(19(23)26-11-13-6-5-7-14(20)10-13)21-18-15-8-3-4-9-16(15)27(24,25)22-18/h3-10,12,17H,11H2,1-2H3,(H,21,22)/t17-/m0/s1. The first-order valence-electron chi connectivity index (χ1n) is 8.39. The Bertz CT molecular complexity index is 1000. The average Bonchev–Trinajstić information content (AvgIpc) is 2.88. The van der Waals surface area contributed by atoms with E-state index in [9.17, 15) is 17.6 Å². The molecule has 0 amide bonds. The van der Waals surface area contributed by atoms with E-state index in [2.05, 4.69) is 9.71 Å². The Labute approximate surface area is 157 Å². The summed E-state index contributed by atoms with van der Waals surface area (Å²) in [7, 11) is -3.69. The Hall–Kier alpha value is -2.74. The number of ether oxygens (including phenoxy) is 1. The van der Waals surface area contributed by atoms with E-state index in [0.29, 0.717) is 11.1 Å². The molecule has 3 rings (SSSR count). The molecule has 0 spiro atoms. The predicted molar refractivity (Wildman–Crippen MR) is 98.1 cm³/mol. The SMILES string of the molecule is CC(C)[C@H](N=C1NS(=O)(=O)c2ccccc21)C(=O)OCc1cccc(F)c1. The number of nitrogens with zero attached hydrogens (tertiary/aromatic N) is 1. The molecule has 1 heterocycles. The van der Waals surface area contributed by atoms with Crippen molar-refractivity contribution in [3.8, 4) is 0 Å². The van der Waals surface area contributed by atoms with Crippen LogP contribution in [0.25, 0.3) is 0 Å². The van der Waals surface area contributed by atoms with Crippen molar-refractivity contribution in [2.45, 2.75) is 31.4 Å². The van der Waals surface area contributed by atoms with Crippen LogP contribution in [0.3, 0.4) is 0 Å². The molecule has 0 saturated carbocycles. The van der Waals surface area contributed by atoms with Gasteiger partial charge in [0.25, 0.3) is 10.0 Å². The van der Waals surface area contributed by atoms with Crippen LogP contribution in [0.4, 0.5) is 4.39 Å². The highest BCUT2D eigenvalue weighted by Crippen LogP contribution is 2.23. The lowest BCUT2D eigenvalue weighted by Crippen LogP contribution is -2.31. The molecule has 1 N–H and O–H groups in total. The minimum Gasteiger partial charge on any atom is -0.459 e. The number of sulfonamides is 1. The van der Waals surface area contributed by atoms with Crippen molar-refractivity contribution in [2.75, 3.05) is 0 Å². The number of amidine groups is 1. The molecule has 8 heteroatoms. The van der Waals surface area contributed by atoms with Gasteiger partial charge in [0.05, 0.1) is 4.90 Å². The number of rotatable bonds is 5. The van der Waals surface area contributed by atoms with Gasteiger partial charge in [0.15, 0.2) is 6.04 Å². The molecule has 0 bridgehead atoms. The van der Waals surface area contributed by atoms with Crippen LogP contribution >= 0.6 is 0 Å². The fraction of sp³-hybridized carbons (Fsp3) is 0.263. The molecule has 1 aliphatic rings. The molecule has 1 atom stereocenters. The molecule has 142 valence electrons. The zero-order valence-corrected chi connectivity index (χ0v) is 15.7. The number of hydrogen-bond donors (Lipinski definition) is 1. The maximum Gasteiger partial charge on any atom is 0.331 e. The molecule has 0 aliphatic carbocycles. The molecule has 1 aliphatic heterocycles. The van der Waals surface area contributed by atoms with Crippen LogP contribution in [0.2, 0.25) is 0 Å². The lowest BCUT2D eigenvalue weighted by atomic mass is 10.1. The van der Waals surface area contributed by atoms with Crippen molar-refractivity contribution in [1.29, 1.82) is 0 Å². The molecule has 2 aromatic carbocycles. The second kappa shape index (κ2) is 7.48. The number of carbonyl (C=O) groups is 1. The molecule has 2 aromatic rings. The van der Waals surface area contributed by atoms with Gasteiger partial charge in [-0.2, -0.15) is 0 Å². The molecule has 0 aromatic heterocycles. The van der Waals surface area contributed by atoms with Gasteiger partial charge in [-0.25, -0.2) is 17.6 Å². The van der Waals surface area contributed by atoms with E-state index in [1.807, 2.05) is 0 Å². The first-order chi connectivity index (χ1) is 12.8. The molecule has 0 unspecified atom stereocenters. The van der Waals surface area contributed by atoms with Gasteiger partial charge in [0.2, 0.25) is 0 Å². The quantitative estimate of drug-likeness (QED) is 0.796. The third kappa shape index (κ3) is 4.16. The largest absolute Gasteiger partial charge is 0.459 e. The van der Waals surface area contributed by atoms with Crippen molar-refractivity contribution in [1.82, 2.24) is 4.72 Å². The van der Waals surface area contributed by atoms with Crippen molar-refractivity contribution in [3.63, 3.8) is 0 Å². The average molecular weight is 390 g/mol. The van der Waals surface area contributed by atoms with E-state index in [1.165, 1.54) is 24.3 Å². The van der Waals surface area contributed by atoms with E-state index < -0.39 is 27.9 Å². The zero-order valence-electron chi connectivity index (χ0n) is 14.8. The molecule has 0 fully saturated rings. The molecule has 27 heavy (non-hydrogen) atoms. The molecule has 6 nitrogen and oxygen atoms in total. The van der Waals surface area contributed by atoms with Gasteiger partial charge in [-0.15, -0.1) is 0 Å². The number of carbonyl (C=O) groups excluding carboxylic acids is 1. The maximum absolute atomic E-state index is 13.2. The minimum atomic E-state index is -3.69. The molecule has 0 saturated heterocycles. The van der Waals surface area contributed by atoms with Crippen molar-refractivity contribution in [2.24, 2.45) is 10.9 Å². The number of hydrogen-bond acceptors (Lipinski definition) is 5. The van der Waals surface area contributed by atoms with Crippen LogP contribution in [0, 0.1) is 11.7 Å². The van der Waals surface area contributed by atoms with Crippen molar-refractivity contribution < 1.29 is 22.3 Å². The van der Waals surface area contributed by atoms with Crippen LogP contribution < -0.4 is 4.72 Å². The third-order valence-electron chi connectivity index (χ3n) is 4.07. The first-order valence-corrected chi connectivity index (χ1v) is 9.87. The summed E-state index contributed by atoms with van der Waals surface area (Å²) in [6.07, 6.45) is 0. The molecular weight excluding hydrogens is 371 g/mol. The summed E-state index contributed by atoms with van der Waals surface area (Å²) in [6.45, 7) is 3.48. The van der Waals surface area contributed by atoms with Crippen LogP contribution in [-0.4, -0.2) is 26.3 Å². The fourth-order valence-corrected chi connectivity index (χ4v) is 3.95. The van der Waals surface area contributed by atoms with Crippen LogP contribution in [0.15, 0.2) is 58.4 Å². The summed E-state index contributed by atoms with van der Waals surface area (Å²) in [5, 5.41) is 0. The summed E-state index contributed by atoms with van der Waals surface area (Å²) in [5.74, 6) is -1.13. The molecule has 0 radical (unpaired) electrons. The number of benzene rings is 2. The van der Waals surface area contributed by atoms with Crippen molar-refractivity contribution >= 4 is 21.8 Å². The first kappa shape index (κ1) is 19.0. The smallest absolute Gasteiger partial charge is 0.331 e. The monoisotopic (exact) mass is 390 g/mol. The van der Waals surface area contributed by atoms with Gasteiger partial charge >= 0.3 is 5.97 Å². The Morgan fingerprint density at radius 2 is 1.93 bits per heavy atom. The third-order valence-corrected chi connectivity index (χ3v) is 5.47. The predicted octanol–water partition coefficient (Wildman–Crippen LogP) is 2.63. The Balaban J connectivity index is 1.82. The zero-order chi connectivity index (χ0) is 19.6. The lowest BCUT2D eigenvalue weighted by molar-refractivity contribution is -0.147. The number of esters is 1. The highest BCUT2D eigenvalue weighted by molar-refractivity contribution is 7.90. The summed E-state index contributed by atoms with van der Waals surface area (Å²) in [6, 6.07) is 11.3. The van der Waals surface area contributed by atoms with Gasteiger partial charge in [0.1, 0.15) is 18.3 Å². The maximum atomic E-state index is 13.2. The lowest BCUT2D eigenvalue weighted by Gasteiger charge is -2.16. The topological polar surface area (TPSA) is 84.8 Å². The van der Waals surface area contributed by atoms with Crippen LogP contribution in [-0.2, 0) is 26.2 Å². The number of halogens is 1. The second-order valence-electron chi connectivity index (χ2n) is 6.51. The Morgan fingerprint density at radius 1 is 1.19 bits per heavy atom. The van der Waals surface area contributed by atoms with Gasteiger partial charge < -0.3 is 4.74 Å². The normalized spacial score (nSPS) is 17.4. The Kier molecular flexibility index (Phi) is 5.27. The van der Waals surface area contributed by atoms with Gasteiger partial charge in [-0.1, -0.05) is 38.1 Å². The van der Waals surface area contributed by atoms with E-state index in [-0.39, 0.29) is 23.3 Å². The van der Waals surface area contributed by atoms with E-state index >= 15 is 0 Å². The van der Waals surface area contributed by atoms with Gasteiger partial charge in [-0.3, -0.25) is 9.71 Å². The summed E-state index contributed by atoms with van der Waals surface area (Å²) in [4.78, 5) is 16.9. The van der Waals surface area contributed by atoms with Crippen molar-refractivity contribution in [3.05, 3.63) is 65.5 Å². The van der Waals surface area contributed by atoms with E-state index in [1.54, 1.807) is 38.1 Å². The number of aliphatic imine (C=N–C) groups is 1. The van der Waals surface area contributed by atoms with Crippen LogP contribution in [0.1, 0.15) is 25.0 Å². The number of nitrogens with one attached hydrogen (secondary N) is 1. The summed E-state index contributed by atoms with van der Waals surface area (Å²) >= 11 is 0. The summed E-state index contributed by atoms with van der Waals surface area (Å²) < 4.78 is 45.3. The fourth-order valence-electron chi connectivity index (χ4n) is 2.71. The highest BCUT2D eigenvalue weighted by atomic mass is 32.2. The molecular formula is C19H19FN2O4S. The minimum absolute atomic E-state index is 0.0903. The number of fused-ring (bicyclic) bond motifs is 1. The Morgan fingerprint density at radius 3 is 2.63 bits per heavy atom. The van der Waals surface area contributed by atoms with Gasteiger partial charge in [-0.05, 0) is 35.7 Å². The highest BCUT2D eigenvalue weighted by Gasteiger charge is 2.33.